The highest BCUT2D eigenvalue weighted by molar-refractivity contribution is 5.79. The number of hydrogen-bond acceptors (Lipinski definition) is 4. The van der Waals surface area contributed by atoms with Crippen molar-refractivity contribution in [2.75, 3.05) is 51.3 Å². The molecule has 1 N–H and O–H groups in total. The normalized spacial score (nSPS) is 14.6. The van der Waals surface area contributed by atoms with Gasteiger partial charge in [-0.1, -0.05) is 30.3 Å². The Morgan fingerprint density at radius 1 is 1.03 bits per heavy atom. The van der Waals surface area contributed by atoms with Crippen LogP contribution < -0.4 is 15.0 Å². The first-order chi connectivity index (χ1) is 14.2. The quantitative estimate of drug-likeness (QED) is 0.662. The zero-order chi connectivity index (χ0) is 20.5. The van der Waals surface area contributed by atoms with Crippen molar-refractivity contribution in [3.05, 3.63) is 59.7 Å². The second-order valence-electron chi connectivity index (χ2n) is 7.71. The molecule has 0 saturated carbocycles. The van der Waals surface area contributed by atoms with Crippen LogP contribution in [-0.4, -0.2) is 57.2 Å². The number of carbonyl (C=O) groups is 1. The minimum absolute atomic E-state index is 0.0567. The van der Waals surface area contributed by atoms with Crippen LogP contribution in [0.3, 0.4) is 0 Å². The van der Waals surface area contributed by atoms with Crippen molar-refractivity contribution in [2.24, 2.45) is 0 Å². The van der Waals surface area contributed by atoms with Crippen LogP contribution in [0.15, 0.2) is 48.5 Å². The maximum atomic E-state index is 12.2. The number of unbranched alkanes of at least 4 members (excludes halogenated alkanes) is 1. The van der Waals surface area contributed by atoms with Gasteiger partial charge in [0.25, 0.3) is 0 Å². The van der Waals surface area contributed by atoms with Crippen molar-refractivity contribution in [1.29, 1.82) is 0 Å². The zero-order valence-corrected chi connectivity index (χ0v) is 17.7. The molecule has 1 amide bonds. The first-order valence-electron chi connectivity index (χ1n) is 10.6. The summed E-state index contributed by atoms with van der Waals surface area (Å²) in [5.41, 5.74) is 3.58. The summed E-state index contributed by atoms with van der Waals surface area (Å²) in [7, 11) is 1.64. The molecular weight excluding hydrogens is 362 g/mol. The predicted molar refractivity (Wildman–Crippen MR) is 119 cm³/mol. The number of anilines is 1. The highest BCUT2D eigenvalue weighted by Crippen LogP contribution is 2.18. The van der Waals surface area contributed by atoms with Crippen LogP contribution in [0.4, 0.5) is 5.69 Å². The summed E-state index contributed by atoms with van der Waals surface area (Å²) >= 11 is 0. The molecule has 3 rings (SSSR count). The Morgan fingerprint density at radius 3 is 2.59 bits per heavy atom. The number of carbonyl (C=O) groups excluding carboxylic acids is 1. The molecule has 2 aromatic rings. The third-order valence-electron chi connectivity index (χ3n) is 5.51. The van der Waals surface area contributed by atoms with E-state index in [0.717, 1.165) is 63.4 Å². The zero-order valence-electron chi connectivity index (χ0n) is 17.7. The van der Waals surface area contributed by atoms with Crippen LogP contribution in [0.2, 0.25) is 0 Å². The predicted octanol–water partition coefficient (Wildman–Crippen LogP) is 3.26. The molecule has 0 aliphatic carbocycles. The average Bonchev–Trinajstić information content (AvgIpc) is 2.74. The maximum Gasteiger partial charge on any atom is 0.224 e. The van der Waals surface area contributed by atoms with Gasteiger partial charge in [0.2, 0.25) is 5.91 Å². The van der Waals surface area contributed by atoms with E-state index in [0.29, 0.717) is 6.42 Å². The Labute approximate surface area is 174 Å². The van der Waals surface area contributed by atoms with Crippen LogP contribution in [0.5, 0.6) is 5.75 Å². The van der Waals surface area contributed by atoms with E-state index in [1.54, 1.807) is 7.11 Å². The van der Waals surface area contributed by atoms with Gasteiger partial charge in [-0.25, -0.2) is 0 Å². The van der Waals surface area contributed by atoms with E-state index in [4.69, 9.17) is 4.74 Å². The summed E-state index contributed by atoms with van der Waals surface area (Å²) < 4.78 is 5.31. The van der Waals surface area contributed by atoms with Crippen LogP contribution in [0.1, 0.15) is 24.0 Å². The fraction of sp³-hybridized carbons (Fsp3) is 0.458. The Hall–Kier alpha value is -2.53. The molecule has 156 valence electrons. The summed E-state index contributed by atoms with van der Waals surface area (Å²) in [5.74, 6) is 0.828. The van der Waals surface area contributed by atoms with E-state index in [1.165, 1.54) is 11.3 Å². The van der Waals surface area contributed by atoms with Crippen LogP contribution >= 0.6 is 0 Å². The third-order valence-corrected chi connectivity index (χ3v) is 5.51. The molecule has 0 bridgehead atoms. The highest BCUT2D eigenvalue weighted by Gasteiger charge is 2.16. The van der Waals surface area contributed by atoms with Crippen LogP contribution in [-0.2, 0) is 11.2 Å². The molecule has 5 nitrogen and oxygen atoms in total. The fourth-order valence-corrected chi connectivity index (χ4v) is 3.83. The van der Waals surface area contributed by atoms with E-state index < -0.39 is 0 Å². The van der Waals surface area contributed by atoms with Crippen LogP contribution in [0, 0.1) is 6.92 Å². The second kappa shape index (κ2) is 10.9. The lowest BCUT2D eigenvalue weighted by Crippen LogP contribution is -2.46. The Morgan fingerprint density at radius 2 is 1.83 bits per heavy atom. The summed E-state index contributed by atoms with van der Waals surface area (Å²) in [6.45, 7) is 8.36. The molecule has 0 radical (unpaired) electrons. The van der Waals surface area contributed by atoms with Crippen LogP contribution in [0.25, 0.3) is 0 Å². The first-order valence-corrected chi connectivity index (χ1v) is 10.6. The number of para-hydroxylation sites is 1. The van der Waals surface area contributed by atoms with Crippen molar-refractivity contribution in [1.82, 2.24) is 10.2 Å². The molecule has 0 atom stereocenters. The van der Waals surface area contributed by atoms with Gasteiger partial charge in [0.1, 0.15) is 5.75 Å². The molecular formula is C24H33N3O2. The van der Waals surface area contributed by atoms with Gasteiger partial charge in [0, 0.05) is 44.0 Å². The number of rotatable bonds is 9. The van der Waals surface area contributed by atoms with Gasteiger partial charge in [-0.15, -0.1) is 0 Å². The van der Waals surface area contributed by atoms with E-state index in [1.807, 2.05) is 24.3 Å². The van der Waals surface area contributed by atoms with Gasteiger partial charge in [-0.05, 0) is 50.1 Å². The lowest BCUT2D eigenvalue weighted by molar-refractivity contribution is -0.120. The number of benzene rings is 2. The standard InChI is InChI=1S/C24H33N3O2/c1-20-8-7-10-22(18-20)27-16-14-26(15-17-27)13-6-5-12-25-24(28)19-21-9-3-4-11-23(21)29-2/h3-4,7-11,18H,5-6,12-17,19H2,1-2H3,(H,25,28). The third kappa shape index (κ3) is 6.50. The topological polar surface area (TPSA) is 44.8 Å². The minimum atomic E-state index is 0.0567. The van der Waals surface area contributed by atoms with Gasteiger partial charge in [0.05, 0.1) is 13.5 Å². The molecule has 1 aliphatic heterocycles. The number of nitrogens with zero attached hydrogens (tertiary/aromatic N) is 2. The SMILES string of the molecule is COc1ccccc1CC(=O)NCCCCN1CCN(c2cccc(C)c2)CC1. The largest absolute Gasteiger partial charge is 0.496 e. The number of nitrogens with one attached hydrogen (secondary N) is 1. The lowest BCUT2D eigenvalue weighted by atomic mass is 10.1. The van der Waals surface area contributed by atoms with Gasteiger partial charge in [-0.3, -0.25) is 9.69 Å². The van der Waals surface area contributed by atoms with E-state index in [9.17, 15) is 4.79 Å². The van der Waals surface area contributed by atoms with Gasteiger partial charge < -0.3 is 15.0 Å². The molecule has 1 heterocycles. The Balaban J connectivity index is 1.29. The van der Waals surface area contributed by atoms with E-state index in [-0.39, 0.29) is 5.91 Å². The molecule has 5 heteroatoms. The monoisotopic (exact) mass is 395 g/mol. The van der Waals surface area contributed by atoms with Crippen molar-refractivity contribution >= 4 is 11.6 Å². The molecule has 1 saturated heterocycles. The van der Waals surface area contributed by atoms with Gasteiger partial charge in [-0.2, -0.15) is 0 Å². The smallest absolute Gasteiger partial charge is 0.224 e. The number of ether oxygens (including phenoxy) is 1. The summed E-state index contributed by atoms with van der Waals surface area (Å²) in [6.07, 6.45) is 2.49. The second-order valence-corrected chi connectivity index (χ2v) is 7.71. The van der Waals surface area contributed by atoms with Gasteiger partial charge in [0.15, 0.2) is 0 Å². The number of methoxy groups -OCH3 is 1. The molecule has 2 aromatic carbocycles. The number of aryl methyl sites for hydroxylation is 1. The van der Waals surface area contributed by atoms with Crippen molar-refractivity contribution in [2.45, 2.75) is 26.2 Å². The number of hydrogen-bond donors (Lipinski definition) is 1. The minimum Gasteiger partial charge on any atom is -0.496 e. The Bertz CT molecular complexity index is 785. The number of amides is 1. The van der Waals surface area contributed by atoms with Gasteiger partial charge >= 0.3 is 0 Å². The summed E-state index contributed by atoms with van der Waals surface area (Å²) in [5, 5.41) is 3.03. The molecule has 29 heavy (non-hydrogen) atoms. The fourth-order valence-electron chi connectivity index (χ4n) is 3.83. The molecule has 1 fully saturated rings. The molecule has 1 aliphatic rings. The molecule has 0 unspecified atom stereocenters. The molecule has 0 spiro atoms. The average molecular weight is 396 g/mol. The summed E-state index contributed by atoms with van der Waals surface area (Å²) in [6, 6.07) is 16.4. The van der Waals surface area contributed by atoms with E-state index in [2.05, 4.69) is 46.3 Å². The van der Waals surface area contributed by atoms with E-state index >= 15 is 0 Å². The summed E-state index contributed by atoms with van der Waals surface area (Å²) in [4.78, 5) is 17.2. The Kier molecular flexibility index (Phi) is 7.94. The van der Waals surface area contributed by atoms with Crippen molar-refractivity contribution in [3.63, 3.8) is 0 Å². The maximum absolute atomic E-state index is 12.2. The van der Waals surface area contributed by atoms with Crippen molar-refractivity contribution < 1.29 is 9.53 Å². The highest BCUT2D eigenvalue weighted by atomic mass is 16.5. The molecule has 0 aromatic heterocycles. The first kappa shape index (κ1) is 21.2. The van der Waals surface area contributed by atoms with Crippen molar-refractivity contribution in [3.8, 4) is 5.75 Å². The lowest BCUT2D eigenvalue weighted by Gasteiger charge is -2.36. The number of piperazine rings is 1.